The summed E-state index contributed by atoms with van der Waals surface area (Å²) in [4.78, 5) is 18.4. The van der Waals surface area contributed by atoms with Gasteiger partial charge in [-0.25, -0.2) is 10.8 Å². The van der Waals surface area contributed by atoms with Gasteiger partial charge in [-0.15, -0.1) is 0 Å². The molecule has 6 heteroatoms. The largest absolute Gasteiger partial charge is 0.349 e. The summed E-state index contributed by atoms with van der Waals surface area (Å²) in [6.07, 6.45) is 3.85. The number of pyridine rings is 1. The second kappa shape index (κ2) is 7.06. The number of hydrogen-bond donors (Lipinski definition) is 3. The summed E-state index contributed by atoms with van der Waals surface area (Å²) < 4.78 is 0. The van der Waals surface area contributed by atoms with Gasteiger partial charge >= 0.3 is 0 Å². The lowest BCUT2D eigenvalue weighted by Gasteiger charge is -2.26. The number of rotatable bonds is 5. The predicted molar refractivity (Wildman–Crippen MR) is 74.7 cm³/mol. The predicted octanol–water partition coefficient (Wildman–Crippen LogP) is 0.583. The highest BCUT2D eigenvalue weighted by Crippen LogP contribution is 2.07. The van der Waals surface area contributed by atoms with Crippen LogP contribution in [0.3, 0.4) is 0 Å². The molecule has 1 amide bonds. The quantitative estimate of drug-likeness (QED) is 0.535. The van der Waals surface area contributed by atoms with Crippen molar-refractivity contribution in [1.82, 2.24) is 15.2 Å². The molecule has 1 saturated heterocycles. The first-order chi connectivity index (χ1) is 9.29. The molecule has 0 bridgehead atoms. The highest BCUT2D eigenvalue weighted by molar-refractivity contribution is 5.92. The Kier molecular flexibility index (Phi) is 5.11. The van der Waals surface area contributed by atoms with Crippen molar-refractivity contribution in [2.24, 2.45) is 5.84 Å². The Morgan fingerprint density at radius 3 is 2.84 bits per heavy atom. The molecule has 0 atom stereocenters. The van der Waals surface area contributed by atoms with Crippen molar-refractivity contribution in [3.05, 3.63) is 23.9 Å². The molecule has 1 aliphatic rings. The Morgan fingerprint density at radius 1 is 1.32 bits per heavy atom. The minimum absolute atomic E-state index is 0.158. The number of anilines is 1. The summed E-state index contributed by atoms with van der Waals surface area (Å²) >= 11 is 0. The molecule has 19 heavy (non-hydrogen) atoms. The number of nitrogens with zero attached hydrogens (tertiary/aromatic N) is 2. The third-order valence-electron chi connectivity index (χ3n) is 3.29. The van der Waals surface area contributed by atoms with Crippen LogP contribution >= 0.6 is 0 Å². The summed E-state index contributed by atoms with van der Waals surface area (Å²) in [7, 11) is 0. The van der Waals surface area contributed by atoms with E-state index in [9.17, 15) is 4.79 Å². The van der Waals surface area contributed by atoms with Crippen LogP contribution in [-0.4, -0.2) is 42.0 Å². The number of nitrogens with one attached hydrogen (secondary N) is 2. The third-order valence-corrected chi connectivity index (χ3v) is 3.29. The zero-order valence-corrected chi connectivity index (χ0v) is 11.1. The number of hydrazine groups is 1. The van der Waals surface area contributed by atoms with Gasteiger partial charge in [0, 0.05) is 13.1 Å². The number of hydrogen-bond acceptors (Lipinski definition) is 5. The molecule has 6 nitrogen and oxygen atoms in total. The fourth-order valence-electron chi connectivity index (χ4n) is 2.24. The second-order valence-corrected chi connectivity index (χ2v) is 4.71. The van der Waals surface area contributed by atoms with Crippen molar-refractivity contribution < 1.29 is 4.79 Å². The van der Waals surface area contributed by atoms with Gasteiger partial charge in [-0.2, -0.15) is 0 Å². The maximum atomic E-state index is 11.9. The van der Waals surface area contributed by atoms with Gasteiger partial charge in [-0.3, -0.25) is 4.79 Å². The average molecular weight is 263 g/mol. The van der Waals surface area contributed by atoms with Gasteiger partial charge in [0.25, 0.3) is 5.91 Å². The second-order valence-electron chi connectivity index (χ2n) is 4.71. The lowest BCUT2D eigenvalue weighted by molar-refractivity contribution is 0.0941. The Bertz CT molecular complexity index is 417. The van der Waals surface area contributed by atoms with E-state index < -0.39 is 0 Å². The molecule has 0 spiro atoms. The number of nitrogens with two attached hydrogens (primary N) is 1. The first kappa shape index (κ1) is 13.8. The van der Waals surface area contributed by atoms with Crippen molar-refractivity contribution >= 4 is 11.7 Å². The average Bonchev–Trinajstić information content (AvgIpc) is 2.48. The topological polar surface area (TPSA) is 83.3 Å². The van der Waals surface area contributed by atoms with E-state index in [1.54, 1.807) is 18.2 Å². The maximum absolute atomic E-state index is 11.9. The molecule has 2 rings (SSSR count). The van der Waals surface area contributed by atoms with Gasteiger partial charge in [0.15, 0.2) is 0 Å². The molecule has 0 aliphatic carbocycles. The normalized spacial score (nSPS) is 16.1. The summed E-state index contributed by atoms with van der Waals surface area (Å²) in [6, 6.07) is 5.14. The van der Waals surface area contributed by atoms with Gasteiger partial charge in [-0.05, 0) is 38.1 Å². The van der Waals surface area contributed by atoms with Gasteiger partial charge in [-0.1, -0.05) is 12.5 Å². The number of aromatic nitrogens is 1. The fraction of sp³-hybridized carbons (Fsp3) is 0.538. The first-order valence-corrected chi connectivity index (χ1v) is 6.74. The minimum atomic E-state index is -0.158. The molecule has 1 aromatic heterocycles. The van der Waals surface area contributed by atoms with E-state index in [1.807, 2.05) is 0 Å². The van der Waals surface area contributed by atoms with E-state index >= 15 is 0 Å². The van der Waals surface area contributed by atoms with Gasteiger partial charge in [0.1, 0.15) is 11.5 Å². The van der Waals surface area contributed by atoms with Crippen LogP contribution in [0, 0.1) is 0 Å². The molecule has 104 valence electrons. The summed E-state index contributed by atoms with van der Waals surface area (Å²) in [6.45, 7) is 3.84. The molecular weight excluding hydrogens is 242 g/mol. The van der Waals surface area contributed by atoms with Crippen LogP contribution in [0.15, 0.2) is 18.2 Å². The van der Waals surface area contributed by atoms with Crippen molar-refractivity contribution in [2.75, 3.05) is 31.6 Å². The number of nitrogen functional groups attached to an aromatic ring is 1. The van der Waals surface area contributed by atoms with E-state index in [2.05, 4.69) is 20.6 Å². The number of piperidine rings is 1. The van der Waals surface area contributed by atoms with Crippen LogP contribution in [0.25, 0.3) is 0 Å². The Labute approximate surface area is 113 Å². The number of amides is 1. The fourth-order valence-corrected chi connectivity index (χ4v) is 2.24. The van der Waals surface area contributed by atoms with Crippen LogP contribution in [0.2, 0.25) is 0 Å². The van der Waals surface area contributed by atoms with Crippen LogP contribution in [0.5, 0.6) is 0 Å². The van der Waals surface area contributed by atoms with Gasteiger partial charge in [0.2, 0.25) is 0 Å². The Balaban J connectivity index is 1.77. The Morgan fingerprint density at radius 2 is 2.11 bits per heavy atom. The smallest absolute Gasteiger partial charge is 0.270 e. The third kappa shape index (κ3) is 4.18. The van der Waals surface area contributed by atoms with Crippen molar-refractivity contribution in [3.8, 4) is 0 Å². The molecule has 1 aromatic rings. The number of likely N-dealkylation sites (tertiary alicyclic amines) is 1. The summed E-state index contributed by atoms with van der Waals surface area (Å²) in [5, 5.41) is 2.89. The highest BCUT2D eigenvalue weighted by atomic mass is 16.1. The molecule has 0 aromatic carbocycles. The van der Waals surface area contributed by atoms with E-state index in [0.717, 1.165) is 19.6 Å². The van der Waals surface area contributed by atoms with E-state index in [4.69, 9.17) is 5.84 Å². The molecule has 0 saturated carbocycles. The van der Waals surface area contributed by atoms with E-state index in [1.165, 1.54) is 19.3 Å². The molecule has 0 unspecified atom stereocenters. The van der Waals surface area contributed by atoms with Crippen LogP contribution in [0.4, 0.5) is 5.82 Å². The molecule has 1 aliphatic heterocycles. The van der Waals surface area contributed by atoms with Crippen molar-refractivity contribution in [3.63, 3.8) is 0 Å². The highest BCUT2D eigenvalue weighted by Gasteiger charge is 2.11. The Hall–Kier alpha value is -1.66. The number of carbonyl (C=O) groups is 1. The molecule has 4 N–H and O–H groups in total. The molecule has 0 radical (unpaired) electrons. The molecule has 1 fully saturated rings. The maximum Gasteiger partial charge on any atom is 0.270 e. The van der Waals surface area contributed by atoms with Gasteiger partial charge in [0.05, 0.1) is 0 Å². The number of carbonyl (C=O) groups excluding carboxylic acids is 1. The standard InChI is InChI=1S/C13H21N5O/c14-17-12-6-4-5-11(16-12)13(19)15-7-10-18-8-2-1-3-9-18/h4-6H,1-3,7-10,14H2,(H,15,19)(H,16,17). The van der Waals surface area contributed by atoms with E-state index in [-0.39, 0.29) is 5.91 Å². The molecule has 2 heterocycles. The van der Waals surface area contributed by atoms with Crippen LogP contribution < -0.4 is 16.6 Å². The zero-order chi connectivity index (χ0) is 13.5. The van der Waals surface area contributed by atoms with Gasteiger partial charge < -0.3 is 15.6 Å². The SMILES string of the molecule is NNc1cccc(C(=O)NCCN2CCCCC2)n1. The summed E-state index contributed by atoms with van der Waals surface area (Å²) in [5.41, 5.74) is 2.81. The van der Waals surface area contributed by atoms with Crippen LogP contribution in [-0.2, 0) is 0 Å². The minimum Gasteiger partial charge on any atom is -0.349 e. The zero-order valence-electron chi connectivity index (χ0n) is 11.1. The van der Waals surface area contributed by atoms with Crippen molar-refractivity contribution in [2.45, 2.75) is 19.3 Å². The first-order valence-electron chi connectivity index (χ1n) is 6.74. The summed E-state index contributed by atoms with van der Waals surface area (Å²) in [5.74, 6) is 5.60. The monoisotopic (exact) mass is 263 g/mol. The van der Waals surface area contributed by atoms with E-state index in [0.29, 0.717) is 18.1 Å². The lowest BCUT2D eigenvalue weighted by atomic mass is 10.1. The molecular formula is C13H21N5O. The van der Waals surface area contributed by atoms with Crippen LogP contribution in [0.1, 0.15) is 29.8 Å². The van der Waals surface area contributed by atoms with Crippen molar-refractivity contribution in [1.29, 1.82) is 0 Å². The lowest BCUT2D eigenvalue weighted by Crippen LogP contribution is -2.37.